The highest BCUT2D eigenvalue weighted by Gasteiger charge is 2.52. The smallest absolute Gasteiger partial charge is 0.303 e. The van der Waals surface area contributed by atoms with Gasteiger partial charge in [-0.3, -0.25) is 19.2 Å². The van der Waals surface area contributed by atoms with Gasteiger partial charge in [-0.2, -0.15) is 0 Å². The van der Waals surface area contributed by atoms with E-state index in [4.69, 9.17) is 28.4 Å². The molecule has 1 aromatic carbocycles. The van der Waals surface area contributed by atoms with Crippen molar-refractivity contribution in [3.05, 3.63) is 29.8 Å². The molecule has 0 amide bonds. The number of hydrogen-bond donors (Lipinski definition) is 0. The summed E-state index contributed by atoms with van der Waals surface area (Å²) in [6, 6.07) is 7.57. The number of para-hydroxylation sites is 1. The fraction of sp³-hybridized carbons (Fsp3) is 0.565. The number of aryl methyl sites for hydroxylation is 1. The molecule has 5 atom stereocenters. The van der Waals surface area contributed by atoms with Crippen molar-refractivity contribution in [3.63, 3.8) is 0 Å². The number of thioether (sulfide) groups is 1. The zero-order valence-corrected chi connectivity index (χ0v) is 20.6. The van der Waals surface area contributed by atoms with Crippen molar-refractivity contribution in [3.8, 4) is 5.75 Å². The van der Waals surface area contributed by atoms with E-state index in [1.165, 1.54) is 39.5 Å². The van der Waals surface area contributed by atoms with E-state index >= 15 is 0 Å². The monoisotopic (exact) mass is 498 g/mol. The lowest BCUT2D eigenvalue weighted by Crippen LogP contribution is -2.61. The highest BCUT2D eigenvalue weighted by molar-refractivity contribution is 7.99. The van der Waals surface area contributed by atoms with Crippen LogP contribution in [0.2, 0.25) is 0 Å². The Morgan fingerprint density at radius 3 is 2.03 bits per heavy atom. The quantitative estimate of drug-likeness (QED) is 0.268. The molecule has 11 heteroatoms. The standard InChI is InChI=1S/C23H30O10S/c1-13-8-6-7-9-18(13)28-10-11-34-23-22(32-17(5)27)21(31-16(4)26)20(30-15(3)25)19(33-23)12-29-14(2)24/h6-9,19-23H,10-12H2,1-5H3/t19-,20+,21+,22-,23+/m0/s1. The first kappa shape index (κ1) is 27.5. The van der Waals surface area contributed by atoms with Gasteiger partial charge in [0.2, 0.25) is 0 Å². The molecule has 1 saturated heterocycles. The first-order valence-corrected chi connectivity index (χ1v) is 11.7. The van der Waals surface area contributed by atoms with Crippen molar-refractivity contribution in [2.75, 3.05) is 19.0 Å². The first-order valence-electron chi connectivity index (χ1n) is 10.7. The van der Waals surface area contributed by atoms with Crippen LogP contribution in [0.4, 0.5) is 0 Å². The summed E-state index contributed by atoms with van der Waals surface area (Å²) in [6.07, 6.45) is -4.37. The van der Waals surface area contributed by atoms with Gasteiger partial charge in [0.05, 0.1) is 6.61 Å². The molecule has 1 aromatic rings. The highest BCUT2D eigenvalue weighted by Crippen LogP contribution is 2.34. The van der Waals surface area contributed by atoms with Crippen LogP contribution in [0.25, 0.3) is 0 Å². The second kappa shape index (κ2) is 13.2. The summed E-state index contributed by atoms with van der Waals surface area (Å²) >= 11 is 1.27. The lowest BCUT2D eigenvalue weighted by molar-refractivity contribution is -0.237. The minimum atomic E-state index is -1.17. The van der Waals surface area contributed by atoms with Gasteiger partial charge in [0, 0.05) is 33.4 Å². The summed E-state index contributed by atoms with van der Waals surface area (Å²) in [6.45, 7) is 6.80. The number of esters is 4. The molecule has 1 aliphatic heterocycles. The fourth-order valence-electron chi connectivity index (χ4n) is 3.36. The lowest BCUT2D eigenvalue weighted by Gasteiger charge is -2.44. The number of carbonyl (C=O) groups is 4. The van der Waals surface area contributed by atoms with Gasteiger partial charge in [-0.05, 0) is 18.6 Å². The summed E-state index contributed by atoms with van der Waals surface area (Å²) < 4.78 is 33.1. The molecule has 0 saturated carbocycles. The van der Waals surface area contributed by atoms with Crippen molar-refractivity contribution in [2.45, 2.75) is 64.5 Å². The van der Waals surface area contributed by atoms with Crippen molar-refractivity contribution in [1.82, 2.24) is 0 Å². The van der Waals surface area contributed by atoms with Gasteiger partial charge >= 0.3 is 23.9 Å². The van der Waals surface area contributed by atoms with E-state index in [0.717, 1.165) is 11.3 Å². The van der Waals surface area contributed by atoms with Gasteiger partial charge in [-0.15, -0.1) is 11.8 Å². The maximum absolute atomic E-state index is 11.8. The Bertz CT molecular complexity index is 873. The Kier molecular flexibility index (Phi) is 10.6. The van der Waals surface area contributed by atoms with Crippen LogP contribution in [0.15, 0.2) is 24.3 Å². The number of hydrogen-bond acceptors (Lipinski definition) is 11. The van der Waals surface area contributed by atoms with Crippen LogP contribution >= 0.6 is 11.8 Å². The van der Waals surface area contributed by atoms with Crippen molar-refractivity contribution in [2.24, 2.45) is 0 Å². The third kappa shape index (κ3) is 8.53. The molecular weight excluding hydrogens is 468 g/mol. The van der Waals surface area contributed by atoms with Crippen LogP contribution in [0.3, 0.4) is 0 Å². The highest BCUT2D eigenvalue weighted by atomic mass is 32.2. The molecule has 0 bridgehead atoms. The van der Waals surface area contributed by atoms with Gasteiger partial charge in [0.15, 0.2) is 18.3 Å². The van der Waals surface area contributed by atoms with E-state index < -0.39 is 53.7 Å². The van der Waals surface area contributed by atoms with E-state index in [1.807, 2.05) is 31.2 Å². The van der Waals surface area contributed by atoms with E-state index in [2.05, 4.69) is 0 Å². The number of benzene rings is 1. The zero-order valence-electron chi connectivity index (χ0n) is 19.8. The van der Waals surface area contributed by atoms with Crippen LogP contribution in [0.1, 0.15) is 33.3 Å². The van der Waals surface area contributed by atoms with Crippen LogP contribution in [-0.4, -0.2) is 72.7 Å². The van der Waals surface area contributed by atoms with Crippen molar-refractivity contribution in [1.29, 1.82) is 0 Å². The first-order chi connectivity index (χ1) is 16.1. The average molecular weight is 499 g/mol. The predicted molar refractivity (Wildman–Crippen MR) is 121 cm³/mol. The summed E-state index contributed by atoms with van der Waals surface area (Å²) in [5, 5.41) is 0. The summed E-state index contributed by atoms with van der Waals surface area (Å²) in [5.74, 6) is -1.36. The second-order valence-electron chi connectivity index (χ2n) is 7.55. The van der Waals surface area contributed by atoms with E-state index in [-0.39, 0.29) is 6.61 Å². The molecule has 1 aliphatic rings. The van der Waals surface area contributed by atoms with Gasteiger partial charge < -0.3 is 28.4 Å². The molecule has 0 aromatic heterocycles. The predicted octanol–water partition coefficient (Wildman–Crippen LogP) is 2.19. The third-order valence-corrected chi connectivity index (χ3v) is 5.78. The van der Waals surface area contributed by atoms with E-state index in [1.54, 1.807) is 0 Å². The fourth-order valence-corrected chi connectivity index (χ4v) is 4.39. The Hall–Kier alpha value is -2.79. The third-order valence-electron chi connectivity index (χ3n) is 4.66. The number of rotatable bonds is 10. The van der Waals surface area contributed by atoms with Crippen molar-refractivity contribution < 1.29 is 47.6 Å². The normalized spacial score (nSPS) is 24.0. The van der Waals surface area contributed by atoms with Gasteiger partial charge in [0.1, 0.15) is 23.9 Å². The molecule has 0 unspecified atom stereocenters. The van der Waals surface area contributed by atoms with E-state index in [9.17, 15) is 19.2 Å². The van der Waals surface area contributed by atoms with Crippen LogP contribution in [-0.2, 0) is 42.9 Å². The molecule has 1 heterocycles. The minimum absolute atomic E-state index is 0.255. The summed E-state index contributed by atoms with van der Waals surface area (Å²) in [5.41, 5.74) is 0.167. The Labute approximate surface area is 202 Å². The molecule has 10 nitrogen and oxygen atoms in total. The number of carbonyl (C=O) groups excluding carboxylic acids is 4. The topological polar surface area (TPSA) is 124 Å². The Morgan fingerprint density at radius 2 is 1.44 bits per heavy atom. The van der Waals surface area contributed by atoms with Crippen LogP contribution in [0.5, 0.6) is 5.75 Å². The van der Waals surface area contributed by atoms with Gasteiger partial charge in [-0.1, -0.05) is 18.2 Å². The summed E-state index contributed by atoms with van der Waals surface area (Å²) in [4.78, 5) is 46.8. The SMILES string of the molecule is CC(=O)OC[C@@H]1O[C@H](SCCOc2ccccc2C)[C@@H](OC(C)=O)[C@H](OC(C)=O)[C@@H]1OC(C)=O. The van der Waals surface area contributed by atoms with Crippen LogP contribution in [0, 0.1) is 6.92 Å². The molecule has 0 aliphatic carbocycles. The maximum atomic E-state index is 11.8. The number of ether oxygens (including phenoxy) is 6. The molecular formula is C23H30O10S. The van der Waals surface area contributed by atoms with Gasteiger partial charge in [-0.25, -0.2) is 0 Å². The van der Waals surface area contributed by atoms with E-state index in [0.29, 0.717) is 12.4 Å². The zero-order chi connectivity index (χ0) is 25.3. The molecule has 34 heavy (non-hydrogen) atoms. The summed E-state index contributed by atoms with van der Waals surface area (Å²) in [7, 11) is 0. The average Bonchev–Trinajstić information content (AvgIpc) is 2.73. The van der Waals surface area contributed by atoms with Crippen LogP contribution < -0.4 is 4.74 Å². The lowest BCUT2D eigenvalue weighted by atomic mass is 9.99. The molecule has 0 N–H and O–H groups in total. The largest absolute Gasteiger partial charge is 0.492 e. The molecule has 188 valence electrons. The molecule has 0 radical (unpaired) electrons. The molecule has 2 rings (SSSR count). The Morgan fingerprint density at radius 1 is 0.853 bits per heavy atom. The minimum Gasteiger partial charge on any atom is -0.492 e. The molecule has 1 fully saturated rings. The molecule has 0 spiro atoms. The maximum Gasteiger partial charge on any atom is 0.303 e. The van der Waals surface area contributed by atoms with Crippen molar-refractivity contribution >= 4 is 35.6 Å². The Balaban J connectivity index is 2.22. The second-order valence-corrected chi connectivity index (χ2v) is 8.76. The van der Waals surface area contributed by atoms with Gasteiger partial charge in [0.25, 0.3) is 0 Å².